The van der Waals surface area contributed by atoms with Crippen LogP contribution in [0.4, 0.5) is 21.2 Å². The van der Waals surface area contributed by atoms with Gasteiger partial charge in [0.25, 0.3) is 0 Å². The molecule has 8 bridgehead atoms. The van der Waals surface area contributed by atoms with Crippen molar-refractivity contribution in [3.05, 3.63) is 35.2 Å². The van der Waals surface area contributed by atoms with Crippen LogP contribution in [0, 0.1) is 46.3 Å². The number of hydrogen-bond donors (Lipinski definition) is 6. The first-order valence-electron chi connectivity index (χ1n) is 29.3. The highest BCUT2D eigenvalue weighted by Crippen LogP contribution is 2.62. The van der Waals surface area contributed by atoms with E-state index in [-0.39, 0.29) is 28.9 Å². The van der Waals surface area contributed by atoms with Gasteiger partial charge in [-0.1, -0.05) is 0 Å². The van der Waals surface area contributed by atoms with Crippen LogP contribution in [-0.4, -0.2) is 149 Å². The molecule has 6 heterocycles. The number of carboxylic acid groups (broad SMARTS) is 1. The highest BCUT2D eigenvalue weighted by atomic mass is 16.6. The van der Waals surface area contributed by atoms with Gasteiger partial charge in [-0.3, -0.25) is 14.6 Å². The number of fused-ring (bicyclic) bond motifs is 2. The van der Waals surface area contributed by atoms with Gasteiger partial charge < -0.3 is 45.6 Å². The van der Waals surface area contributed by atoms with Gasteiger partial charge in [-0.05, 0) is 210 Å². The van der Waals surface area contributed by atoms with Gasteiger partial charge in [0, 0.05) is 50.4 Å². The van der Waals surface area contributed by atoms with Crippen LogP contribution in [-0.2, 0) is 45.0 Å². The largest absolute Gasteiger partial charge is 0.480 e. The highest BCUT2D eigenvalue weighted by molar-refractivity contribution is 5.86. The molecule has 4 aliphatic heterocycles. The molecule has 14 rings (SSSR count). The first-order chi connectivity index (χ1) is 36.6. The lowest BCUT2D eigenvalue weighted by Crippen LogP contribution is -2.53. The third kappa shape index (κ3) is 12.5. The Kier molecular flexibility index (Phi) is 16.1. The number of carbonyl (C=O) groups is 4. The molecule has 4 atom stereocenters. The summed E-state index contributed by atoms with van der Waals surface area (Å²) in [6.07, 6.45) is 21.5. The lowest BCUT2D eigenvalue weighted by atomic mass is 9.48. The fourth-order valence-corrected chi connectivity index (χ4v) is 16.5. The van der Waals surface area contributed by atoms with E-state index in [0.29, 0.717) is 58.5 Å². The summed E-state index contributed by atoms with van der Waals surface area (Å²) in [4.78, 5) is 71.2. The number of aliphatic hydroxyl groups is 2. The van der Waals surface area contributed by atoms with Crippen LogP contribution in [0.1, 0.15) is 167 Å². The van der Waals surface area contributed by atoms with E-state index < -0.39 is 41.4 Å². The lowest BCUT2D eigenvalue weighted by Gasteiger charge is -2.58. The van der Waals surface area contributed by atoms with Crippen molar-refractivity contribution in [1.29, 1.82) is 0 Å². The summed E-state index contributed by atoms with van der Waals surface area (Å²) in [5.74, 6) is 5.76. The first kappa shape index (κ1) is 55.4. The molecule has 8 saturated carbocycles. The van der Waals surface area contributed by atoms with Crippen LogP contribution in [0.2, 0.25) is 0 Å². The number of hydrogen-bond acceptors (Lipinski definition) is 15. The third-order valence-electron chi connectivity index (χ3n) is 19.0. The summed E-state index contributed by atoms with van der Waals surface area (Å²) in [7, 11) is 0. The zero-order chi connectivity index (χ0) is 54.4. The number of anilines is 2. The summed E-state index contributed by atoms with van der Waals surface area (Å²) >= 11 is 0. The number of nitrogens with one attached hydrogen (secondary N) is 3. The standard InChI is InChI=1S/C29H43N5O4.C19H28N4O.C10H17NO4/c1-28(2,3)38-27(37)34-7-4-5-23(34)26(36)33-8-6-21-22(16-33)31-17-32-25(21)30-15-24(35)29-12-18-9-19(13-29)11-20(10-18)14-29;24-17(19-6-12-3-13(7-19)5-14(4-12)8-19)10-21-18-15-1-2-20-9-16(15)22-11-23-18;1-10(2,3)15-9(14)11-6-4-5-7(11)8(12)13/h17-20,23-24,35H,4-16H2,1-3H3,(H,30,31,32);11-14,17,20,24H,1-10H2,(H,21,22,23);7H,4-6H2,1-3H3,(H,12,13)/t18?,19?,20?,23-,24?,29?;;7-/m1.1/s1. The SMILES string of the molecule is CC(C)(C)OC(=O)N1CCC[C@@H]1C(=O)N1CCc2c(ncnc2NCC(O)C23CC4CC(CC(C4)C2)C3)C1.CC(C)(C)OC(=O)N1CCC[C@@H]1C(=O)O.OC(CNc1ncnc2c1CCNC2)C12CC3CC(CC(C3)C1)C2. The molecule has 424 valence electrons. The van der Waals surface area contributed by atoms with E-state index in [2.05, 4.69) is 35.9 Å². The van der Waals surface area contributed by atoms with Gasteiger partial charge in [-0.2, -0.15) is 0 Å². The molecule has 19 nitrogen and oxygen atoms in total. The molecule has 19 heteroatoms. The Morgan fingerprint density at radius 3 is 1.52 bits per heavy atom. The van der Waals surface area contributed by atoms with Gasteiger partial charge in [0.15, 0.2) is 0 Å². The van der Waals surface area contributed by atoms with Crippen molar-refractivity contribution in [1.82, 2.24) is 40.0 Å². The molecule has 0 aromatic carbocycles. The number of likely N-dealkylation sites (tertiary alicyclic amines) is 2. The number of nitrogens with zero attached hydrogens (tertiary/aromatic N) is 7. The van der Waals surface area contributed by atoms with Gasteiger partial charge in [0.2, 0.25) is 5.91 Å². The Labute approximate surface area is 455 Å². The Balaban J connectivity index is 0.000000146. The molecule has 8 aliphatic carbocycles. The minimum Gasteiger partial charge on any atom is -0.480 e. The van der Waals surface area contributed by atoms with Crippen molar-refractivity contribution in [3.63, 3.8) is 0 Å². The Hall–Kier alpha value is -4.88. The van der Waals surface area contributed by atoms with E-state index in [4.69, 9.17) is 14.6 Å². The van der Waals surface area contributed by atoms with E-state index in [1.165, 1.54) is 87.5 Å². The van der Waals surface area contributed by atoms with Crippen molar-refractivity contribution >= 4 is 35.7 Å². The van der Waals surface area contributed by atoms with E-state index >= 15 is 0 Å². The predicted molar refractivity (Wildman–Crippen MR) is 288 cm³/mol. The van der Waals surface area contributed by atoms with Crippen molar-refractivity contribution in [2.75, 3.05) is 49.9 Å². The molecule has 2 aromatic rings. The zero-order valence-corrected chi connectivity index (χ0v) is 46.7. The summed E-state index contributed by atoms with van der Waals surface area (Å²) in [5, 5.41) is 41.6. The molecule has 2 unspecified atom stereocenters. The second-order valence-corrected chi connectivity index (χ2v) is 27.1. The van der Waals surface area contributed by atoms with E-state index in [1.807, 2.05) is 25.7 Å². The maximum Gasteiger partial charge on any atom is 0.411 e. The van der Waals surface area contributed by atoms with Crippen molar-refractivity contribution in [3.8, 4) is 0 Å². The molecule has 12 aliphatic rings. The number of aliphatic carboxylic acids is 1. The minimum atomic E-state index is -0.960. The van der Waals surface area contributed by atoms with Crippen LogP contribution in [0.5, 0.6) is 0 Å². The second-order valence-electron chi connectivity index (χ2n) is 27.1. The topological polar surface area (TPSA) is 245 Å². The lowest BCUT2D eigenvalue weighted by molar-refractivity contribution is -0.142. The maximum absolute atomic E-state index is 13.5. The smallest absolute Gasteiger partial charge is 0.411 e. The van der Waals surface area contributed by atoms with Gasteiger partial charge in [0.1, 0.15) is 47.6 Å². The van der Waals surface area contributed by atoms with Crippen LogP contribution < -0.4 is 16.0 Å². The quantitative estimate of drug-likeness (QED) is 0.136. The number of carbonyl (C=O) groups excluding carboxylic acids is 3. The molecule has 0 radical (unpaired) electrons. The average molecular weight is 1070 g/mol. The van der Waals surface area contributed by atoms with Gasteiger partial charge >= 0.3 is 18.2 Å². The molecule has 2 saturated heterocycles. The monoisotopic (exact) mass is 1070 g/mol. The Morgan fingerprint density at radius 1 is 0.636 bits per heavy atom. The Bertz CT molecular complexity index is 2410. The van der Waals surface area contributed by atoms with Crippen molar-refractivity contribution in [2.24, 2.45) is 46.3 Å². The van der Waals surface area contributed by atoms with Crippen LogP contribution in [0.15, 0.2) is 12.7 Å². The normalized spacial score (nSPS) is 32.2. The molecular formula is C58H88N10O9. The average Bonchev–Trinajstić information content (AvgIpc) is 4.09. The number of amides is 3. The number of aliphatic hydroxyl groups excluding tert-OH is 2. The molecule has 6 N–H and O–H groups in total. The van der Waals surface area contributed by atoms with Gasteiger partial charge in [0.05, 0.1) is 30.1 Å². The van der Waals surface area contributed by atoms with E-state index in [0.717, 1.165) is 96.4 Å². The fourth-order valence-electron chi connectivity index (χ4n) is 16.5. The van der Waals surface area contributed by atoms with Crippen LogP contribution in [0.3, 0.4) is 0 Å². The highest BCUT2D eigenvalue weighted by Gasteiger charge is 2.55. The number of ether oxygens (including phenoxy) is 2. The molecule has 77 heavy (non-hydrogen) atoms. The number of rotatable bonds is 10. The second kappa shape index (κ2) is 22.3. The first-order valence-corrected chi connectivity index (χ1v) is 29.3. The summed E-state index contributed by atoms with van der Waals surface area (Å²) in [6, 6.07) is -1.21. The fraction of sp³-hybridized carbons (Fsp3) is 0.793. The van der Waals surface area contributed by atoms with E-state index in [9.17, 15) is 29.4 Å². The molecule has 0 spiro atoms. The molecular weight excluding hydrogens is 981 g/mol. The predicted octanol–water partition coefficient (Wildman–Crippen LogP) is 7.33. The summed E-state index contributed by atoms with van der Waals surface area (Å²) < 4.78 is 10.7. The van der Waals surface area contributed by atoms with Gasteiger partial charge in [-0.15, -0.1) is 0 Å². The molecule has 3 amide bonds. The molecule has 2 aromatic heterocycles. The van der Waals surface area contributed by atoms with Crippen LogP contribution >= 0.6 is 0 Å². The van der Waals surface area contributed by atoms with Gasteiger partial charge in [-0.25, -0.2) is 34.3 Å². The summed E-state index contributed by atoms with van der Waals surface area (Å²) in [5.41, 5.74) is 3.27. The Morgan fingerprint density at radius 2 is 1.06 bits per heavy atom. The number of aromatic nitrogens is 4. The van der Waals surface area contributed by atoms with Crippen molar-refractivity contribution in [2.45, 2.75) is 206 Å². The maximum atomic E-state index is 13.5. The minimum absolute atomic E-state index is 0.0376. The third-order valence-corrected chi connectivity index (χ3v) is 19.0. The van der Waals surface area contributed by atoms with Crippen LogP contribution in [0.25, 0.3) is 0 Å². The van der Waals surface area contributed by atoms with Crippen molar-refractivity contribution < 1.29 is 44.0 Å². The number of carboxylic acids is 1. The van der Waals surface area contributed by atoms with E-state index in [1.54, 1.807) is 38.3 Å². The molecule has 10 fully saturated rings. The summed E-state index contributed by atoms with van der Waals surface area (Å²) in [6.45, 7) is 15.7. The zero-order valence-electron chi connectivity index (χ0n) is 46.7.